The van der Waals surface area contributed by atoms with Gasteiger partial charge in [-0.05, 0) is 55.9 Å². The topological polar surface area (TPSA) is 23.6 Å². The third kappa shape index (κ3) is 3.69. The molecule has 26 heavy (non-hydrogen) atoms. The monoisotopic (exact) mass is 368 g/mol. The van der Waals surface area contributed by atoms with Crippen molar-refractivity contribution >= 4 is 11.6 Å². The quantitative estimate of drug-likeness (QED) is 0.780. The fourth-order valence-corrected chi connectivity index (χ4v) is 4.24. The number of piperidine rings is 2. The molecule has 144 valence electrons. The fourth-order valence-electron chi connectivity index (χ4n) is 4.24. The minimum Gasteiger partial charge on any atom is -0.371 e. The third-order valence-electron chi connectivity index (χ3n) is 6.03. The minimum absolute atomic E-state index is 0.216. The number of likely N-dealkylation sites (tertiary alicyclic amines) is 1. The highest BCUT2D eigenvalue weighted by Crippen LogP contribution is 2.36. The molecule has 2 saturated heterocycles. The zero-order chi connectivity index (χ0) is 19.1. The van der Waals surface area contributed by atoms with Gasteiger partial charge in [0.05, 0.1) is 5.56 Å². The molecule has 0 radical (unpaired) electrons. The van der Waals surface area contributed by atoms with E-state index >= 15 is 0 Å². The van der Waals surface area contributed by atoms with Crippen molar-refractivity contribution in [2.45, 2.75) is 58.3 Å². The van der Waals surface area contributed by atoms with Gasteiger partial charge in [0.15, 0.2) is 0 Å². The lowest BCUT2D eigenvalue weighted by Gasteiger charge is -2.50. The number of nitrogens with zero attached hydrogens (tertiary/aromatic N) is 2. The first-order valence-corrected chi connectivity index (χ1v) is 9.42. The van der Waals surface area contributed by atoms with Crippen LogP contribution in [0.4, 0.5) is 18.9 Å². The Morgan fingerprint density at radius 1 is 1.08 bits per heavy atom. The van der Waals surface area contributed by atoms with E-state index in [9.17, 15) is 18.0 Å². The molecule has 3 rings (SSSR count). The standard InChI is InChI=1S/C20H27F3N2O/c1-13(2)14(3)25-18-10-11-24(12-15(18)4-9-19(25)26)17-7-5-16(6-8-17)20(21,22)23/h5-8,13-15,18H,4,9-12H2,1-3H3/t14-,15-,18?/m1/s1. The Bertz CT molecular complexity index is 641. The number of rotatable bonds is 3. The van der Waals surface area contributed by atoms with E-state index in [4.69, 9.17) is 0 Å². The summed E-state index contributed by atoms with van der Waals surface area (Å²) in [6.07, 6.45) is -2.00. The molecule has 1 amide bonds. The maximum atomic E-state index is 12.8. The van der Waals surface area contributed by atoms with Crippen LogP contribution >= 0.6 is 0 Å². The number of carbonyl (C=O) groups excluding carboxylic acids is 1. The van der Waals surface area contributed by atoms with Crippen molar-refractivity contribution in [1.82, 2.24) is 4.90 Å². The molecule has 1 aromatic carbocycles. The van der Waals surface area contributed by atoms with E-state index in [1.807, 2.05) is 0 Å². The van der Waals surface area contributed by atoms with E-state index in [0.717, 1.165) is 43.8 Å². The number of amides is 1. The van der Waals surface area contributed by atoms with Crippen molar-refractivity contribution in [1.29, 1.82) is 0 Å². The Kier molecular flexibility index (Phi) is 5.22. The SMILES string of the molecule is CC(C)[C@@H](C)N1C(=O)CC[C@@H]2CN(c3ccc(C(F)(F)F)cc3)CCC21. The second-order valence-electron chi connectivity index (χ2n) is 7.93. The molecule has 0 saturated carbocycles. The van der Waals surface area contributed by atoms with Crippen molar-refractivity contribution in [3.8, 4) is 0 Å². The van der Waals surface area contributed by atoms with Gasteiger partial charge < -0.3 is 9.80 Å². The van der Waals surface area contributed by atoms with Crippen LogP contribution in [0.1, 0.15) is 45.6 Å². The van der Waals surface area contributed by atoms with Gasteiger partial charge in [-0.3, -0.25) is 4.79 Å². The average Bonchev–Trinajstić information content (AvgIpc) is 2.60. The van der Waals surface area contributed by atoms with Gasteiger partial charge in [0.1, 0.15) is 0 Å². The van der Waals surface area contributed by atoms with Gasteiger partial charge in [-0.2, -0.15) is 13.2 Å². The van der Waals surface area contributed by atoms with Crippen molar-refractivity contribution in [2.24, 2.45) is 11.8 Å². The largest absolute Gasteiger partial charge is 0.416 e. The van der Waals surface area contributed by atoms with Gasteiger partial charge in [-0.25, -0.2) is 0 Å². The predicted octanol–water partition coefficient (Wildman–Crippen LogP) is 4.57. The first-order chi connectivity index (χ1) is 12.2. The summed E-state index contributed by atoms with van der Waals surface area (Å²) in [5, 5.41) is 0. The van der Waals surface area contributed by atoms with Crippen molar-refractivity contribution in [2.75, 3.05) is 18.0 Å². The van der Waals surface area contributed by atoms with Gasteiger partial charge in [0.25, 0.3) is 0 Å². The van der Waals surface area contributed by atoms with Gasteiger partial charge in [0.2, 0.25) is 5.91 Å². The Labute approximate surface area is 153 Å². The van der Waals surface area contributed by atoms with Crippen LogP contribution in [0, 0.1) is 11.8 Å². The number of hydrogen-bond acceptors (Lipinski definition) is 2. The Balaban J connectivity index is 1.73. The summed E-state index contributed by atoms with van der Waals surface area (Å²) in [5.74, 6) is 1.03. The molecule has 6 heteroatoms. The van der Waals surface area contributed by atoms with Crippen molar-refractivity contribution in [3.05, 3.63) is 29.8 Å². The van der Waals surface area contributed by atoms with Crippen LogP contribution in [0.25, 0.3) is 0 Å². The molecule has 0 bridgehead atoms. The maximum Gasteiger partial charge on any atom is 0.416 e. The summed E-state index contributed by atoms with van der Waals surface area (Å²) >= 11 is 0. The molecule has 2 aliphatic heterocycles. The maximum absolute atomic E-state index is 12.8. The zero-order valence-electron chi connectivity index (χ0n) is 15.6. The Morgan fingerprint density at radius 3 is 2.31 bits per heavy atom. The second-order valence-corrected chi connectivity index (χ2v) is 7.93. The molecule has 0 spiro atoms. The molecule has 0 aliphatic carbocycles. The molecule has 2 aliphatic rings. The van der Waals surface area contributed by atoms with Crippen LogP contribution in [0.2, 0.25) is 0 Å². The lowest BCUT2D eigenvalue weighted by Crippen LogP contribution is -2.59. The number of halogens is 3. The normalized spacial score (nSPS) is 25.4. The molecule has 1 aromatic rings. The van der Waals surface area contributed by atoms with Gasteiger partial charge in [-0.1, -0.05) is 13.8 Å². The second kappa shape index (κ2) is 7.12. The number of anilines is 1. The van der Waals surface area contributed by atoms with Gasteiger partial charge in [-0.15, -0.1) is 0 Å². The molecule has 1 unspecified atom stereocenters. The smallest absolute Gasteiger partial charge is 0.371 e. The van der Waals surface area contributed by atoms with Gasteiger partial charge >= 0.3 is 6.18 Å². The van der Waals surface area contributed by atoms with E-state index in [2.05, 4.69) is 30.6 Å². The summed E-state index contributed by atoms with van der Waals surface area (Å²) in [6.45, 7) is 7.96. The number of hydrogen-bond donors (Lipinski definition) is 0. The highest BCUT2D eigenvalue weighted by Gasteiger charge is 2.41. The highest BCUT2D eigenvalue weighted by molar-refractivity contribution is 5.78. The van der Waals surface area contributed by atoms with Crippen molar-refractivity contribution in [3.63, 3.8) is 0 Å². The van der Waals surface area contributed by atoms with E-state index in [1.165, 1.54) is 0 Å². The Hall–Kier alpha value is -1.72. The van der Waals surface area contributed by atoms with Crippen LogP contribution < -0.4 is 4.90 Å². The van der Waals surface area contributed by atoms with E-state index in [-0.39, 0.29) is 18.0 Å². The lowest BCUT2D eigenvalue weighted by molar-refractivity contribution is -0.143. The Morgan fingerprint density at radius 2 is 1.73 bits per heavy atom. The molecule has 0 N–H and O–H groups in total. The summed E-state index contributed by atoms with van der Waals surface area (Å²) in [5.41, 5.74) is 0.216. The molecular formula is C20H27F3N2O. The molecule has 3 nitrogen and oxygen atoms in total. The summed E-state index contributed by atoms with van der Waals surface area (Å²) in [7, 11) is 0. The lowest BCUT2D eigenvalue weighted by atomic mass is 9.81. The first kappa shape index (κ1) is 19.1. The average molecular weight is 368 g/mol. The molecule has 2 fully saturated rings. The van der Waals surface area contributed by atoms with Gasteiger partial charge in [0, 0.05) is 37.3 Å². The van der Waals surface area contributed by atoms with Crippen LogP contribution in [-0.4, -0.2) is 36.0 Å². The molecule has 2 heterocycles. The summed E-state index contributed by atoms with van der Waals surface area (Å²) in [4.78, 5) is 16.7. The summed E-state index contributed by atoms with van der Waals surface area (Å²) < 4.78 is 38.3. The van der Waals surface area contributed by atoms with Crippen LogP contribution in [0.15, 0.2) is 24.3 Å². The van der Waals surface area contributed by atoms with E-state index < -0.39 is 11.7 Å². The number of benzene rings is 1. The summed E-state index contributed by atoms with van der Waals surface area (Å²) in [6, 6.07) is 5.89. The predicted molar refractivity (Wildman–Crippen MR) is 95.9 cm³/mol. The minimum atomic E-state index is -4.30. The number of alkyl halides is 3. The van der Waals surface area contributed by atoms with Crippen LogP contribution in [-0.2, 0) is 11.0 Å². The number of carbonyl (C=O) groups is 1. The molecular weight excluding hydrogens is 341 g/mol. The fraction of sp³-hybridized carbons (Fsp3) is 0.650. The molecule has 3 atom stereocenters. The van der Waals surface area contributed by atoms with E-state index in [0.29, 0.717) is 18.3 Å². The molecule has 0 aromatic heterocycles. The third-order valence-corrected chi connectivity index (χ3v) is 6.03. The number of fused-ring (bicyclic) bond motifs is 1. The zero-order valence-corrected chi connectivity index (χ0v) is 15.6. The highest BCUT2D eigenvalue weighted by atomic mass is 19.4. The van der Waals surface area contributed by atoms with Crippen LogP contribution in [0.3, 0.4) is 0 Å². The van der Waals surface area contributed by atoms with Crippen LogP contribution in [0.5, 0.6) is 0 Å². The van der Waals surface area contributed by atoms with E-state index in [1.54, 1.807) is 12.1 Å². The van der Waals surface area contributed by atoms with Crippen molar-refractivity contribution < 1.29 is 18.0 Å². The first-order valence-electron chi connectivity index (χ1n) is 9.42.